The van der Waals surface area contributed by atoms with E-state index in [2.05, 4.69) is 4.90 Å². The first-order valence-corrected chi connectivity index (χ1v) is 14.7. The number of nitrogens with zero attached hydrogens (tertiary/aromatic N) is 3. The van der Waals surface area contributed by atoms with Crippen LogP contribution in [0.2, 0.25) is 0 Å². The van der Waals surface area contributed by atoms with E-state index in [1.54, 1.807) is 23.2 Å². The van der Waals surface area contributed by atoms with Crippen molar-refractivity contribution in [2.75, 3.05) is 57.3 Å². The van der Waals surface area contributed by atoms with Gasteiger partial charge >= 0.3 is 0 Å². The molecule has 30 heavy (non-hydrogen) atoms. The van der Waals surface area contributed by atoms with Gasteiger partial charge in [0.25, 0.3) is 5.91 Å². The van der Waals surface area contributed by atoms with E-state index in [0.29, 0.717) is 31.1 Å². The predicted octanol–water partition coefficient (Wildman–Crippen LogP) is 3.21. The summed E-state index contributed by atoms with van der Waals surface area (Å²) in [6, 6.07) is 1.61. The van der Waals surface area contributed by atoms with Gasteiger partial charge in [0.05, 0.1) is 0 Å². The maximum atomic E-state index is 13.3. The molecule has 0 bridgehead atoms. The van der Waals surface area contributed by atoms with Crippen LogP contribution in [-0.2, 0) is 10.0 Å². The fourth-order valence-corrected chi connectivity index (χ4v) is 8.76. The molecule has 1 aromatic heterocycles. The highest BCUT2D eigenvalue weighted by molar-refractivity contribution is 7.99. The Bertz CT molecular complexity index is 814. The first-order chi connectivity index (χ1) is 14.6. The first kappa shape index (κ1) is 22.6. The van der Waals surface area contributed by atoms with Gasteiger partial charge in [-0.05, 0) is 43.2 Å². The van der Waals surface area contributed by atoms with Crippen molar-refractivity contribution in [3.8, 4) is 0 Å². The monoisotopic (exact) mass is 471 g/mol. The summed E-state index contributed by atoms with van der Waals surface area (Å²) in [5.41, 5.74) is 0. The molecule has 0 radical (unpaired) electrons. The van der Waals surface area contributed by atoms with Crippen LogP contribution in [-0.4, -0.2) is 85.7 Å². The summed E-state index contributed by atoms with van der Waals surface area (Å²) < 4.78 is 27.8. The number of thiophene rings is 1. The van der Waals surface area contributed by atoms with E-state index in [4.69, 9.17) is 0 Å². The third-order valence-corrected chi connectivity index (χ3v) is 10.4. The molecule has 168 valence electrons. The minimum atomic E-state index is -3.60. The van der Waals surface area contributed by atoms with Crippen LogP contribution >= 0.6 is 23.1 Å². The van der Waals surface area contributed by atoms with Crippen molar-refractivity contribution in [2.24, 2.45) is 5.92 Å². The fraction of sp³-hybridized carbons (Fsp3) is 0.762. The molecule has 0 spiro atoms. The summed E-state index contributed by atoms with van der Waals surface area (Å²) in [5.74, 6) is 2.32. The lowest BCUT2D eigenvalue weighted by atomic mass is 9.89. The third-order valence-electron chi connectivity index (χ3n) is 6.53. The normalized spacial score (nSPS) is 23.4. The number of amides is 1. The van der Waals surface area contributed by atoms with Gasteiger partial charge < -0.3 is 9.80 Å². The number of hydrogen-bond acceptors (Lipinski definition) is 6. The number of rotatable bonds is 5. The summed E-state index contributed by atoms with van der Waals surface area (Å²) >= 11 is 3.04. The van der Waals surface area contributed by atoms with E-state index in [0.717, 1.165) is 43.5 Å². The molecule has 3 heterocycles. The lowest BCUT2D eigenvalue weighted by molar-refractivity contribution is 0.0761. The molecule has 0 N–H and O–H groups in total. The van der Waals surface area contributed by atoms with Gasteiger partial charge in [0.15, 0.2) is 0 Å². The fourth-order valence-electron chi connectivity index (χ4n) is 4.82. The number of hydrogen-bond donors (Lipinski definition) is 0. The zero-order chi connectivity index (χ0) is 21.0. The van der Waals surface area contributed by atoms with E-state index < -0.39 is 10.0 Å². The second-order valence-corrected chi connectivity index (χ2v) is 12.6. The Morgan fingerprint density at radius 3 is 2.50 bits per heavy atom. The lowest BCUT2D eigenvalue weighted by Crippen LogP contribution is -2.39. The zero-order valence-corrected chi connectivity index (χ0v) is 20.1. The first-order valence-electron chi connectivity index (χ1n) is 11.2. The maximum absolute atomic E-state index is 13.3. The van der Waals surface area contributed by atoms with E-state index in [-0.39, 0.29) is 10.8 Å². The molecule has 0 unspecified atom stereocenters. The summed E-state index contributed by atoms with van der Waals surface area (Å²) in [5, 5.41) is 1.74. The molecule has 6 nitrogen and oxygen atoms in total. The highest BCUT2D eigenvalue weighted by Crippen LogP contribution is 2.29. The molecule has 1 amide bonds. The van der Waals surface area contributed by atoms with Crippen molar-refractivity contribution in [1.29, 1.82) is 0 Å². The Morgan fingerprint density at radius 2 is 1.73 bits per heavy atom. The highest BCUT2D eigenvalue weighted by atomic mass is 32.2. The van der Waals surface area contributed by atoms with Crippen LogP contribution in [0.15, 0.2) is 16.3 Å². The second kappa shape index (κ2) is 10.3. The summed E-state index contributed by atoms with van der Waals surface area (Å²) in [7, 11) is -3.60. The molecule has 1 saturated carbocycles. The van der Waals surface area contributed by atoms with E-state index in [1.807, 2.05) is 4.90 Å². The van der Waals surface area contributed by atoms with Crippen LogP contribution < -0.4 is 0 Å². The summed E-state index contributed by atoms with van der Waals surface area (Å²) in [4.78, 5) is 18.3. The smallest absolute Gasteiger partial charge is 0.265 e. The Morgan fingerprint density at radius 1 is 0.967 bits per heavy atom. The van der Waals surface area contributed by atoms with Crippen LogP contribution in [0.4, 0.5) is 0 Å². The van der Waals surface area contributed by atoms with Gasteiger partial charge in [-0.15, -0.1) is 11.3 Å². The van der Waals surface area contributed by atoms with Crippen molar-refractivity contribution >= 4 is 39.0 Å². The largest absolute Gasteiger partial charge is 0.337 e. The lowest BCUT2D eigenvalue weighted by Gasteiger charge is -2.29. The summed E-state index contributed by atoms with van der Waals surface area (Å²) in [6.45, 7) is 5.50. The summed E-state index contributed by atoms with van der Waals surface area (Å²) in [6.07, 6.45) is 7.72. The number of carbonyl (C=O) groups is 1. The second-order valence-electron chi connectivity index (χ2n) is 8.58. The van der Waals surface area contributed by atoms with Gasteiger partial charge in [-0.25, -0.2) is 8.42 Å². The van der Waals surface area contributed by atoms with Crippen LogP contribution in [0, 0.1) is 5.92 Å². The average molecular weight is 472 g/mol. The molecule has 3 fully saturated rings. The third kappa shape index (κ3) is 5.23. The van der Waals surface area contributed by atoms with Crippen molar-refractivity contribution in [3.05, 3.63) is 16.3 Å². The number of sulfonamides is 1. The van der Waals surface area contributed by atoms with Crippen molar-refractivity contribution < 1.29 is 13.2 Å². The van der Waals surface area contributed by atoms with Gasteiger partial charge in [-0.3, -0.25) is 4.79 Å². The predicted molar refractivity (Wildman–Crippen MR) is 124 cm³/mol. The molecule has 1 aromatic rings. The number of carbonyl (C=O) groups excluding carboxylic acids is 1. The quantitative estimate of drug-likeness (QED) is 0.660. The molecule has 9 heteroatoms. The molecule has 0 atom stereocenters. The molecular weight excluding hydrogens is 438 g/mol. The molecule has 1 aliphatic carbocycles. The van der Waals surface area contributed by atoms with Crippen LogP contribution in [0.25, 0.3) is 0 Å². The van der Waals surface area contributed by atoms with Crippen molar-refractivity contribution in [3.63, 3.8) is 0 Å². The van der Waals surface area contributed by atoms with Crippen molar-refractivity contribution in [2.45, 2.75) is 43.4 Å². The van der Waals surface area contributed by atoms with Gasteiger partial charge in [0.1, 0.15) is 9.77 Å². The molecule has 2 aliphatic heterocycles. The highest BCUT2D eigenvalue weighted by Gasteiger charge is 2.33. The number of thioether (sulfide) groups is 1. The molecule has 3 aliphatic rings. The standard InChI is InChI=1S/C21H33N3O3S3/c25-21(20-19(7-14-29-20)30(26,27)24-12-15-28-16-13-24)23-9-4-8-22(10-11-23)17-18-5-2-1-3-6-18/h7,14,18H,1-6,8-13,15-17H2. The Balaban J connectivity index is 1.41. The van der Waals surface area contributed by atoms with E-state index in [1.165, 1.54) is 47.7 Å². The molecule has 4 rings (SSSR count). The van der Waals surface area contributed by atoms with E-state index >= 15 is 0 Å². The average Bonchev–Trinajstić information content (AvgIpc) is 3.17. The van der Waals surface area contributed by atoms with Crippen LogP contribution in [0.1, 0.15) is 48.2 Å². The molecular formula is C21H33N3O3S3. The zero-order valence-electron chi connectivity index (χ0n) is 17.6. The topological polar surface area (TPSA) is 60.9 Å². The van der Waals surface area contributed by atoms with Gasteiger partial charge in [0.2, 0.25) is 10.0 Å². The Hall–Kier alpha value is -0.610. The Kier molecular flexibility index (Phi) is 7.78. The van der Waals surface area contributed by atoms with E-state index in [9.17, 15) is 13.2 Å². The molecule has 2 saturated heterocycles. The van der Waals surface area contributed by atoms with Gasteiger partial charge in [0, 0.05) is 50.8 Å². The molecule has 0 aromatic carbocycles. The van der Waals surface area contributed by atoms with Crippen molar-refractivity contribution in [1.82, 2.24) is 14.1 Å². The minimum absolute atomic E-state index is 0.116. The Labute approximate surface area is 189 Å². The van der Waals surface area contributed by atoms with Gasteiger partial charge in [-0.1, -0.05) is 19.3 Å². The SMILES string of the molecule is O=C(c1sccc1S(=O)(=O)N1CCSCC1)N1CCCN(CC2CCCCC2)CC1. The van der Waals surface area contributed by atoms with Gasteiger partial charge in [-0.2, -0.15) is 16.1 Å². The minimum Gasteiger partial charge on any atom is -0.337 e. The van der Waals surface area contributed by atoms with Crippen LogP contribution in [0.5, 0.6) is 0 Å². The maximum Gasteiger partial charge on any atom is 0.265 e. The van der Waals surface area contributed by atoms with Crippen LogP contribution in [0.3, 0.4) is 0 Å².